The molecule has 0 saturated carbocycles. The second-order valence-corrected chi connectivity index (χ2v) is 5.10. The number of nitrogens with one attached hydrogen (secondary N) is 1. The molecule has 2 aliphatic heterocycles. The monoisotopic (exact) mass is 235 g/mol. The minimum Gasteiger partial charge on any atom is -0.380 e. The zero-order valence-corrected chi connectivity index (χ0v) is 10.0. The van der Waals surface area contributed by atoms with Crippen molar-refractivity contribution < 1.29 is 9.13 Å². The summed E-state index contributed by atoms with van der Waals surface area (Å²) in [4.78, 5) is 0. The first-order chi connectivity index (χ1) is 8.29. The largest absolute Gasteiger partial charge is 0.380 e. The van der Waals surface area contributed by atoms with Crippen molar-refractivity contribution in [3.8, 4) is 0 Å². The van der Waals surface area contributed by atoms with Crippen LogP contribution < -0.4 is 5.32 Å². The third-order valence-corrected chi connectivity index (χ3v) is 4.21. The number of hydrogen-bond acceptors (Lipinski definition) is 2. The van der Waals surface area contributed by atoms with Crippen LogP contribution in [0.25, 0.3) is 0 Å². The van der Waals surface area contributed by atoms with Crippen LogP contribution in [0.1, 0.15) is 30.7 Å². The highest BCUT2D eigenvalue weighted by Gasteiger charge is 2.43. The standard InChI is InChI=1S/C14H18FNO/c1-17-13-8-9-6-7-11(14(13)16-9)10-4-2-3-5-12(10)15/h2-5,9,11,13-14,16H,6-8H2,1H3. The summed E-state index contributed by atoms with van der Waals surface area (Å²) in [5.41, 5.74) is 0.840. The predicted octanol–water partition coefficient (Wildman–Crippen LogP) is 2.45. The summed E-state index contributed by atoms with van der Waals surface area (Å²) < 4.78 is 19.4. The summed E-state index contributed by atoms with van der Waals surface area (Å²) in [6.07, 6.45) is 3.47. The molecule has 92 valence electrons. The minimum absolute atomic E-state index is 0.0838. The summed E-state index contributed by atoms with van der Waals surface area (Å²) in [7, 11) is 1.76. The Bertz CT molecular complexity index is 409. The molecule has 1 aromatic carbocycles. The van der Waals surface area contributed by atoms with Gasteiger partial charge in [0.1, 0.15) is 5.82 Å². The van der Waals surface area contributed by atoms with Crippen molar-refractivity contribution in [2.75, 3.05) is 7.11 Å². The van der Waals surface area contributed by atoms with Gasteiger partial charge in [0, 0.05) is 25.1 Å². The van der Waals surface area contributed by atoms with E-state index in [9.17, 15) is 4.39 Å². The summed E-state index contributed by atoms with van der Waals surface area (Å²) in [6, 6.07) is 7.97. The fourth-order valence-electron chi connectivity index (χ4n) is 3.38. The summed E-state index contributed by atoms with van der Waals surface area (Å²) in [5.74, 6) is 0.166. The van der Waals surface area contributed by atoms with Gasteiger partial charge in [0.05, 0.1) is 6.10 Å². The number of ether oxygens (including phenoxy) is 1. The van der Waals surface area contributed by atoms with E-state index >= 15 is 0 Å². The Morgan fingerprint density at radius 2 is 2.12 bits per heavy atom. The van der Waals surface area contributed by atoms with Crippen molar-refractivity contribution in [2.24, 2.45) is 0 Å². The molecule has 4 unspecified atom stereocenters. The van der Waals surface area contributed by atoms with Gasteiger partial charge in [-0.05, 0) is 30.9 Å². The molecule has 17 heavy (non-hydrogen) atoms. The molecule has 2 bridgehead atoms. The Morgan fingerprint density at radius 3 is 2.88 bits per heavy atom. The number of benzene rings is 1. The minimum atomic E-state index is -0.0838. The van der Waals surface area contributed by atoms with E-state index in [1.54, 1.807) is 19.2 Å². The molecule has 2 fully saturated rings. The highest BCUT2D eigenvalue weighted by molar-refractivity contribution is 5.26. The van der Waals surface area contributed by atoms with Gasteiger partial charge in [-0.1, -0.05) is 18.2 Å². The maximum atomic E-state index is 13.9. The molecule has 2 nitrogen and oxygen atoms in total. The fourth-order valence-corrected chi connectivity index (χ4v) is 3.38. The Morgan fingerprint density at radius 1 is 1.29 bits per heavy atom. The SMILES string of the molecule is COC1CC2CCC(c3ccccc3F)C1N2. The third-order valence-electron chi connectivity index (χ3n) is 4.21. The molecule has 3 rings (SSSR count). The van der Waals surface area contributed by atoms with Crippen molar-refractivity contribution in [1.82, 2.24) is 5.32 Å². The molecule has 1 aromatic rings. The van der Waals surface area contributed by atoms with Crippen molar-refractivity contribution >= 4 is 0 Å². The molecule has 2 heterocycles. The van der Waals surface area contributed by atoms with Crippen LogP contribution in [0.15, 0.2) is 24.3 Å². The number of methoxy groups -OCH3 is 1. The molecule has 2 saturated heterocycles. The van der Waals surface area contributed by atoms with Crippen LogP contribution in [0.4, 0.5) is 4.39 Å². The first-order valence-corrected chi connectivity index (χ1v) is 6.33. The lowest BCUT2D eigenvalue weighted by atomic mass is 9.85. The van der Waals surface area contributed by atoms with Crippen LogP contribution in [0.3, 0.4) is 0 Å². The predicted molar refractivity (Wildman–Crippen MR) is 64.5 cm³/mol. The normalized spacial score (nSPS) is 36.1. The summed E-state index contributed by atoms with van der Waals surface area (Å²) >= 11 is 0. The summed E-state index contributed by atoms with van der Waals surface area (Å²) in [6.45, 7) is 0. The van der Waals surface area contributed by atoms with E-state index in [-0.39, 0.29) is 23.9 Å². The van der Waals surface area contributed by atoms with E-state index in [0.717, 1.165) is 24.8 Å². The maximum Gasteiger partial charge on any atom is 0.126 e. The molecule has 0 aliphatic carbocycles. The fraction of sp³-hybridized carbons (Fsp3) is 0.571. The van der Waals surface area contributed by atoms with Crippen LogP contribution in [-0.2, 0) is 4.74 Å². The van der Waals surface area contributed by atoms with Gasteiger partial charge in [0.25, 0.3) is 0 Å². The molecule has 4 atom stereocenters. The lowest BCUT2D eigenvalue weighted by Gasteiger charge is -2.32. The highest BCUT2D eigenvalue weighted by atomic mass is 19.1. The average molecular weight is 235 g/mol. The zero-order chi connectivity index (χ0) is 11.8. The maximum absolute atomic E-state index is 13.9. The first kappa shape index (κ1) is 11.2. The number of piperidine rings is 1. The van der Waals surface area contributed by atoms with Crippen LogP contribution >= 0.6 is 0 Å². The summed E-state index contributed by atoms with van der Waals surface area (Å²) in [5, 5.41) is 3.58. The molecular weight excluding hydrogens is 217 g/mol. The molecule has 0 amide bonds. The van der Waals surface area contributed by atoms with Gasteiger partial charge in [-0.25, -0.2) is 4.39 Å². The van der Waals surface area contributed by atoms with Gasteiger partial charge < -0.3 is 10.1 Å². The second-order valence-electron chi connectivity index (χ2n) is 5.10. The molecule has 1 N–H and O–H groups in total. The number of fused-ring (bicyclic) bond motifs is 2. The second kappa shape index (κ2) is 4.39. The molecule has 0 spiro atoms. The van der Waals surface area contributed by atoms with Gasteiger partial charge in [0.15, 0.2) is 0 Å². The van der Waals surface area contributed by atoms with Crippen molar-refractivity contribution in [2.45, 2.75) is 43.4 Å². The smallest absolute Gasteiger partial charge is 0.126 e. The number of halogens is 1. The number of rotatable bonds is 2. The molecule has 2 aliphatic rings. The molecule has 0 radical (unpaired) electrons. The molecular formula is C14H18FNO. The van der Waals surface area contributed by atoms with Gasteiger partial charge in [-0.3, -0.25) is 0 Å². The van der Waals surface area contributed by atoms with E-state index in [4.69, 9.17) is 4.74 Å². The Labute approximate surface area is 101 Å². The Balaban J connectivity index is 1.90. The van der Waals surface area contributed by atoms with Gasteiger partial charge in [-0.15, -0.1) is 0 Å². The van der Waals surface area contributed by atoms with E-state index in [2.05, 4.69) is 5.32 Å². The van der Waals surface area contributed by atoms with E-state index in [0.29, 0.717) is 6.04 Å². The van der Waals surface area contributed by atoms with Crippen LogP contribution in [-0.4, -0.2) is 25.3 Å². The van der Waals surface area contributed by atoms with Crippen molar-refractivity contribution in [3.63, 3.8) is 0 Å². The highest BCUT2D eigenvalue weighted by Crippen LogP contribution is 2.39. The Kier molecular flexibility index (Phi) is 2.89. The topological polar surface area (TPSA) is 21.3 Å². The van der Waals surface area contributed by atoms with Gasteiger partial charge in [0.2, 0.25) is 0 Å². The van der Waals surface area contributed by atoms with Crippen LogP contribution in [0, 0.1) is 5.82 Å². The lowest BCUT2D eigenvalue weighted by Crippen LogP contribution is -2.43. The van der Waals surface area contributed by atoms with E-state index < -0.39 is 0 Å². The first-order valence-electron chi connectivity index (χ1n) is 6.33. The third kappa shape index (κ3) is 1.87. The quantitative estimate of drug-likeness (QED) is 0.850. The van der Waals surface area contributed by atoms with Crippen molar-refractivity contribution in [1.29, 1.82) is 0 Å². The lowest BCUT2D eigenvalue weighted by molar-refractivity contribution is 0.0840. The van der Waals surface area contributed by atoms with E-state index in [1.807, 2.05) is 12.1 Å². The zero-order valence-electron chi connectivity index (χ0n) is 10.0. The van der Waals surface area contributed by atoms with E-state index in [1.165, 1.54) is 0 Å². The number of hydrogen-bond donors (Lipinski definition) is 1. The van der Waals surface area contributed by atoms with Crippen LogP contribution in [0.5, 0.6) is 0 Å². The van der Waals surface area contributed by atoms with Gasteiger partial charge in [-0.2, -0.15) is 0 Å². The molecule has 0 aromatic heterocycles. The Hall–Kier alpha value is -0.930. The van der Waals surface area contributed by atoms with Crippen molar-refractivity contribution in [3.05, 3.63) is 35.6 Å². The molecule has 3 heteroatoms. The van der Waals surface area contributed by atoms with Crippen LogP contribution in [0.2, 0.25) is 0 Å². The van der Waals surface area contributed by atoms with Gasteiger partial charge >= 0.3 is 0 Å². The average Bonchev–Trinajstić information content (AvgIpc) is 2.68.